The second-order valence-corrected chi connectivity index (χ2v) is 4.21. The molecule has 66 valence electrons. The lowest BCUT2D eigenvalue weighted by Crippen LogP contribution is -1.81. The van der Waals surface area contributed by atoms with E-state index in [9.17, 15) is 0 Å². The fourth-order valence-electron chi connectivity index (χ4n) is 1.31. The summed E-state index contributed by atoms with van der Waals surface area (Å²) in [4.78, 5) is 2.80. The maximum Gasteiger partial charge on any atom is 0.0119 e. The van der Waals surface area contributed by atoms with Crippen LogP contribution < -0.4 is 0 Å². The van der Waals surface area contributed by atoms with Gasteiger partial charge in [-0.15, -0.1) is 0 Å². The summed E-state index contributed by atoms with van der Waals surface area (Å²) in [7, 11) is 0. The Morgan fingerprint density at radius 1 is 1.08 bits per heavy atom. The molecule has 1 aromatic rings. The van der Waals surface area contributed by atoms with E-state index < -0.39 is 0 Å². The predicted molar refractivity (Wildman–Crippen MR) is 58.8 cm³/mol. The Labute approximate surface area is 83.4 Å². The quantitative estimate of drug-likeness (QED) is 0.675. The van der Waals surface area contributed by atoms with Crippen molar-refractivity contribution in [3.8, 4) is 0 Å². The zero-order valence-electron chi connectivity index (χ0n) is 7.44. The summed E-state index contributed by atoms with van der Waals surface area (Å²) in [5.41, 5.74) is 0. The van der Waals surface area contributed by atoms with Crippen molar-refractivity contribution in [3.05, 3.63) is 53.5 Å². The van der Waals surface area contributed by atoms with Gasteiger partial charge >= 0.3 is 0 Å². The molecule has 1 aliphatic rings. The van der Waals surface area contributed by atoms with E-state index in [4.69, 9.17) is 0 Å². The minimum absolute atomic E-state index is 1.19. The van der Waals surface area contributed by atoms with Crippen molar-refractivity contribution < 1.29 is 0 Å². The second kappa shape index (κ2) is 4.33. The van der Waals surface area contributed by atoms with Crippen LogP contribution in [-0.4, -0.2) is 0 Å². The molecule has 0 atom stereocenters. The lowest BCUT2D eigenvalue weighted by Gasteiger charge is -2.07. The normalized spacial score (nSPS) is 15.5. The highest BCUT2D eigenvalue weighted by molar-refractivity contribution is 8.03. The Hall–Kier alpha value is -0.950. The molecule has 1 aliphatic carbocycles. The summed E-state index contributed by atoms with van der Waals surface area (Å²) in [5, 5.41) is 0. The zero-order chi connectivity index (χ0) is 8.93. The molecule has 2 rings (SSSR count). The van der Waals surface area contributed by atoms with Gasteiger partial charge in [0, 0.05) is 4.90 Å². The van der Waals surface area contributed by atoms with Crippen LogP contribution in [0.3, 0.4) is 0 Å². The Bertz CT molecular complexity index is 322. The summed E-state index contributed by atoms with van der Waals surface area (Å²) >= 11 is 1.87. The number of thioether (sulfide) groups is 1. The van der Waals surface area contributed by atoms with E-state index in [1.54, 1.807) is 0 Å². The molecule has 0 spiro atoms. The molecule has 0 amide bonds. The van der Waals surface area contributed by atoms with E-state index in [2.05, 4.69) is 48.6 Å². The average Bonchev–Trinajstić information content (AvgIpc) is 2.21. The predicted octanol–water partition coefficient (Wildman–Crippen LogP) is 4.01. The van der Waals surface area contributed by atoms with Crippen LogP contribution >= 0.6 is 11.8 Å². The van der Waals surface area contributed by atoms with Gasteiger partial charge in [0.2, 0.25) is 0 Å². The van der Waals surface area contributed by atoms with E-state index in [0.717, 1.165) is 0 Å². The van der Waals surface area contributed by atoms with Crippen molar-refractivity contribution in [1.82, 2.24) is 0 Å². The number of allylic oxidation sites excluding steroid dienone is 4. The molecule has 0 aliphatic heterocycles. The van der Waals surface area contributed by atoms with Crippen molar-refractivity contribution in [2.24, 2.45) is 0 Å². The third-order valence-electron chi connectivity index (χ3n) is 1.97. The first-order valence-corrected chi connectivity index (χ1v) is 5.35. The van der Waals surface area contributed by atoms with Crippen molar-refractivity contribution in [3.63, 3.8) is 0 Å². The van der Waals surface area contributed by atoms with E-state index in [-0.39, 0.29) is 0 Å². The minimum Gasteiger partial charge on any atom is -0.0945 e. The van der Waals surface area contributed by atoms with Gasteiger partial charge in [0.1, 0.15) is 0 Å². The molecule has 0 nitrogen and oxygen atoms in total. The van der Waals surface area contributed by atoms with Crippen LogP contribution in [0.5, 0.6) is 0 Å². The highest BCUT2D eigenvalue weighted by Gasteiger charge is 2.00. The van der Waals surface area contributed by atoms with Gasteiger partial charge in [-0.25, -0.2) is 0 Å². The Kier molecular flexibility index (Phi) is 2.88. The summed E-state index contributed by atoms with van der Waals surface area (Å²) in [6.45, 7) is 0. The van der Waals surface area contributed by atoms with Gasteiger partial charge in [-0.05, 0) is 29.9 Å². The molecule has 0 saturated carbocycles. The lowest BCUT2D eigenvalue weighted by atomic mass is 10.2. The molecule has 0 aromatic heterocycles. The molecule has 0 saturated heterocycles. The second-order valence-electron chi connectivity index (χ2n) is 3.01. The summed E-state index contributed by atoms with van der Waals surface area (Å²) in [5.74, 6) is 0. The molecule has 0 radical (unpaired) electrons. The van der Waals surface area contributed by atoms with Gasteiger partial charge in [0.25, 0.3) is 0 Å². The molecule has 0 fully saturated rings. The monoisotopic (exact) mass is 188 g/mol. The minimum atomic E-state index is 1.19. The molecular weight excluding hydrogens is 176 g/mol. The van der Waals surface area contributed by atoms with Crippen LogP contribution in [0.1, 0.15) is 12.8 Å². The third-order valence-corrected chi connectivity index (χ3v) is 3.08. The lowest BCUT2D eigenvalue weighted by molar-refractivity contribution is 1.02. The van der Waals surface area contributed by atoms with Crippen molar-refractivity contribution >= 4 is 11.8 Å². The van der Waals surface area contributed by atoms with Crippen LogP contribution in [0.2, 0.25) is 0 Å². The standard InChI is InChI=1S/C12H12S/c1-3-7-11(8-4-1)13-12-9-5-2-6-10-12/h1-5,7-9H,6,10H2. The van der Waals surface area contributed by atoms with Crippen LogP contribution in [0.15, 0.2) is 58.4 Å². The van der Waals surface area contributed by atoms with Gasteiger partial charge in [-0.2, -0.15) is 0 Å². The van der Waals surface area contributed by atoms with Gasteiger partial charge in [-0.3, -0.25) is 0 Å². The Balaban J connectivity index is 2.06. The van der Waals surface area contributed by atoms with Crippen LogP contribution in [0.4, 0.5) is 0 Å². The molecule has 1 aromatic carbocycles. The van der Waals surface area contributed by atoms with E-state index in [1.165, 1.54) is 22.6 Å². The highest BCUT2D eigenvalue weighted by atomic mass is 32.2. The largest absolute Gasteiger partial charge is 0.0945 e. The topological polar surface area (TPSA) is 0 Å². The van der Waals surface area contributed by atoms with E-state index in [0.29, 0.717) is 0 Å². The van der Waals surface area contributed by atoms with E-state index in [1.807, 2.05) is 11.8 Å². The van der Waals surface area contributed by atoms with Gasteiger partial charge in [-0.1, -0.05) is 48.2 Å². The smallest absolute Gasteiger partial charge is 0.0119 e. The third kappa shape index (κ3) is 2.49. The zero-order valence-corrected chi connectivity index (χ0v) is 8.26. The van der Waals surface area contributed by atoms with Crippen molar-refractivity contribution in [1.29, 1.82) is 0 Å². The molecule has 0 bridgehead atoms. The fraction of sp³-hybridized carbons (Fsp3) is 0.167. The van der Waals surface area contributed by atoms with Gasteiger partial charge in [0.05, 0.1) is 0 Å². The first-order chi connectivity index (χ1) is 6.45. The SMILES string of the molecule is C1=CCCC(Sc2ccccc2)=C1. The molecule has 0 unspecified atom stereocenters. The number of hydrogen-bond donors (Lipinski definition) is 0. The Morgan fingerprint density at radius 2 is 1.92 bits per heavy atom. The highest BCUT2D eigenvalue weighted by Crippen LogP contribution is 2.31. The maximum atomic E-state index is 2.22. The van der Waals surface area contributed by atoms with Crippen LogP contribution in [-0.2, 0) is 0 Å². The molecule has 0 N–H and O–H groups in total. The van der Waals surface area contributed by atoms with Crippen LogP contribution in [0, 0.1) is 0 Å². The van der Waals surface area contributed by atoms with Crippen LogP contribution in [0.25, 0.3) is 0 Å². The van der Waals surface area contributed by atoms with Gasteiger partial charge in [0.15, 0.2) is 0 Å². The number of benzene rings is 1. The number of rotatable bonds is 2. The molecule has 0 heterocycles. The Morgan fingerprint density at radius 3 is 2.62 bits per heavy atom. The first-order valence-electron chi connectivity index (χ1n) is 4.54. The van der Waals surface area contributed by atoms with Crippen molar-refractivity contribution in [2.75, 3.05) is 0 Å². The summed E-state index contributed by atoms with van der Waals surface area (Å²) < 4.78 is 0. The molecular formula is C12H12S. The molecule has 13 heavy (non-hydrogen) atoms. The van der Waals surface area contributed by atoms with Crippen molar-refractivity contribution in [2.45, 2.75) is 17.7 Å². The average molecular weight is 188 g/mol. The van der Waals surface area contributed by atoms with Gasteiger partial charge < -0.3 is 0 Å². The first kappa shape index (κ1) is 8.64. The summed E-state index contributed by atoms with van der Waals surface area (Å²) in [6, 6.07) is 10.5. The maximum absolute atomic E-state index is 2.22. The summed E-state index contributed by atoms with van der Waals surface area (Å²) in [6.07, 6.45) is 8.95. The van der Waals surface area contributed by atoms with E-state index >= 15 is 0 Å². The molecule has 1 heteroatoms. The fourth-order valence-corrected chi connectivity index (χ4v) is 2.27. The number of hydrogen-bond acceptors (Lipinski definition) is 1.